The second-order valence-corrected chi connectivity index (χ2v) is 4.42. The van der Waals surface area contributed by atoms with Crippen molar-refractivity contribution in [2.45, 2.75) is 19.1 Å². The van der Waals surface area contributed by atoms with Crippen LogP contribution in [0.15, 0.2) is 29.1 Å². The summed E-state index contributed by atoms with van der Waals surface area (Å²) < 4.78 is 15.1. The van der Waals surface area contributed by atoms with E-state index in [9.17, 15) is 9.18 Å². The number of hydrazine groups is 3. The van der Waals surface area contributed by atoms with Crippen LogP contribution < -0.4 is 27.6 Å². The lowest BCUT2D eigenvalue weighted by Gasteiger charge is -2.10. The molecule has 9 heteroatoms. The van der Waals surface area contributed by atoms with E-state index in [4.69, 9.17) is 0 Å². The van der Waals surface area contributed by atoms with Crippen LogP contribution in [0.4, 0.5) is 4.39 Å². The van der Waals surface area contributed by atoms with Crippen molar-refractivity contribution < 1.29 is 4.39 Å². The van der Waals surface area contributed by atoms with Gasteiger partial charge in [-0.25, -0.2) is 25.1 Å². The van der Waals surface area contributed by atoms with Crippen LogP contribution in [0.25, 0.3) is 0 Å². The standard InChI is InChI=1S/C11H14FN7O/c12-8-4-2-1-3-7(8)6-19-10(15-16-11(19)20)5-9-13-17-18-14-9/h1-4,9,13-14,17-18H,5-6H2,(H,16,20). The quantitative estimate of drug-likeness (QED) is 0.479. The molecule has 1 fully saturated rings. The van der Waals surface area contributed by atoms with Gasteiger partial charge in [-0.2, -0.15) is 16.2 Å². The van der Waals surface area contributed by atoms with E-state index in [2.05, 4.69) is 32.1 Å². The molecule has 1 aliphatic heterocycles. The number of hydrogen-bond donors (Lipinski definition) is 5. The second kappa shape index (κ2) is 5.51. The molecule has 106 valence electrons. The molecule has 0 atom stereocenters. The lowest BCUT2D eigenvalue weighted by atomic mass is 10.2. The van der Waals surface area contributed by atoms with E-state index in [0.29, 0.717) is 17.8 Å². The fourth-order valence-electron chi connectivity index (χ4n) is 2.03. The maximum atomic E-state index is 13.7. The third-order valence-corrected chi connectivity index (χ3v) is 3.07. The van der Waals surface area contributed by atoms with Gasteiger partial charge in [0.25, 0.3) is 0 Å². The highest BCUT2D eigenvalue weighted by atomic mass is 19.1. The molecule has 0 unspecified atom stereocenters. The Kier molecular flexibility index (Phi) is 3.56. The van der Waals surface area contributed by atoms with Crippen LogP contribution in [0.3, 0.4) is 0 Å². The van der Waals surface area contributed by atoms with Gasteiger partial charge in [0.2, 0.25) is 0 Å². The monoisotopic (exact) mass is 279 g/mol. The molecular weight excluding hydrogens is 265 g/mol. The van der Waals surface area contributed by atoms with Gasteiger partial charge in [0.05, 0.1) is 12.7 Å². The number of halogens is 1. The third-order valence-electron chi connectivity index (χ3n) is 3.07. The minimum atomic E-state index is -0.359. The summed E-state index contributed by atoms with van der Waals surface area (Å²) in [7, 11) is 0. The van der Waals surface area contributed by atoms with Crippen molar-refractivity contribution in [3.05, 3.63) is 52.0 Å². The first-order valence-corrected chi connectivity index (χ1v) is 6.12. The number of H-pyrrole nitrogens is 1. The fourth-order valence-corrected chi connectivity index (χ4v) is 2.03. The first-order valence-electron chi connectivity index (χ1n) is 6.12. The van der Waals surface area contributed by atoms with Gasteiger partial charge in [-0.15, -0.1) is 0 Å². The summed E-state index contributed by atoms with van der Waals surface area (Å²) in [6.07, 6.45) is 0.331. The largest absolute Gasteiger partial charge is 0.343 e. The Balaban J connectivity index is 1.83. The minimum Gasteiger partial charge on any atom is -0.274 e. The Labute approximate surface area is 113 Å². The zero-order valence-corrected chi connectivity index (χ0v) is 10.5. The molecule has 0 bridgehead atoms. The number of rotatable bonds is 4. The summed E-state index contributed by atoms with van der Waals surface area (Å²) in [4.78, 5) is 11.8. The number of hydrogen-bond acceptors (Lipinski definition) is 6. The van der Waals surface area contributed by atoms with E-state index in [1.165, 1.54) is 10.6 Å². The predicted molar refractivity (Wildman–Crippen MR) is 68.4 cm³/mol. The van der Waals surface area contributed by atoms with Gasteiger partial charge in [0.1, 0.15) is 11.6 Å². The molecule has 2 aromatic rings. The minimum absolute atomic E-state index is 0.121. The lowest BCUT2D eigenvalue weighted by Crippen LogP contribution is -2.37. The van der Waals surface area contributed by atoms with Gasteiger partial charge in [-0.05, 0) is 6.07 Å². The summed E-state index contributed by atoms with van der Waals surface area (Å²) in [5, 5.41) is 6.36. The van der Waals surface area contributed by atoms with Crippen molar-refractivity contribution in [3.63, 3.8) is 0 Å². The lowest BCUT2D eigenvalue weighted by molar-refractivity contribution is 0.495. The van der Waals surface area contributed by atoms with Gasteiger partial charge in [0.15, 0.2) is 0 Å². The average molecular weight is 279 g/mol. The number of nitrogens with zero attached hydrogens (tertiary/aromatic N) is 2. The summed E-state index contributed by atoms with van der Waals surface area (Å²) in [5.41, 5.74) is 11.3. The summed E-state index contributed by atoms with van der Waals surface area (Å²) in [5.74, 6) is 0.195. The molecule has 0 aliphatic carbocycles. The van der Waals surface area contributed by atoms with Crippen LogP contribution in [0, 0.1) is 5.82 Å². The Morgan fingerprint density at radius 2 is 2.00 bits per heavy atom. The van der Waals surface area contributed by atoms with Gasteiger partial charge < -0.3 is 0 Å². The molecule has 1 saturated heterocycles. The Morgan fingerprint density at radius 1 is 1.25 bits per heavy atom. The van der Waals surface area contributed by atoms with E-state index < -0.39 is 0 Å². The molecule has 1 aliphatic rings. The normalized spacial score (nSPS) is 15.8. The molecule has 8 nitrogen and oxygen atoms in total. The molecular formula is C11H14FN7O. The van der Waals surface area contributed by atoms with Crippen LogP contribution in [0.5, 0.6) is 0 Å². The molecule has 0 amide bonds. The molecule has 0 radical (unpaired) electrons. The van der Waals surface area contributed by atoms with E-state index >= 15 is 0 Å². The maximum absolute atomic E-state index is 13.7. The van der Waals surface area contributed by atoms with Crippen molar-refractivity contribution in [3.8, 4) is 0 Å². The van der Waals surface area contributed by atoms with Crippen molar-refractivity contribution in [1.82, 2.24) is 36.7 Å². The van der Waals surface area contributed by atoms with Gasteiger partial charge in [-0.1, -0.05) is 18.2 Å². The number of aromatic nitrogens is 3. The van der Waals surface area contributed by atoms with E-state index in [1.807, 2.05) is 0 Å². The van der Waals surface area contributed by atoms with Crippen molar-refractivity contribution in [2.75, 3.05) is 0 Å². The zero-order chi connectivity index (χ0) is 13.9. The van der Waals surface area contributed by atoms with E-state index in [0.717, 1.165) is 0 Å². The van der Waals surface area contributed by atoms with Crippen LogP contribution >= 0.6 is 0 Å². The Hall–Kier alpha value is -2.07. The summed E-state index contributed by atoms with van der Waals surface area (Å²) in [6.45, 7) is 0.144. The topological polar surface area (TPSA) is 98.8 Å². The van der Waals surface area contributed by atoms with Gasteiger partial charge in [0, 0.05) is 12.0 Å². The Morgan fingerprint density at radius 3 is 2.75 bits per heavy atom. The third kappa shape index (κ3) is 2.60. The molecule has 0 spiro atoms. The number of benzene rings is 1. The van der Waals surface area contributed by atoms with Gasteiger partial charge >= 0.3 is 5.69 Å². The Bertz CT molecular complexity index is 646. The first kappa shape index (κ1) is 12.9. The SMILES string of the molecule is O=c1[nH]nc(CC2NNNN2)n1Cc1ccccc1F. The predicted octanol–water partition coefficient (Wildman–Crippen LogP) is -1.26. The van der Waals surface area contributed by atoms with Crippen LogP contribution in [0.1, 0.15) is 11.4 Å². The van der Waals surface area contributed by atoms with Crippen LogP contribution in [-0.2, 0) is 13.0 Å². The first-order chi connectivity index (χ1) is 9.74. The smallest absolute Gasteiger partial charge is 0.274 e. The molecule has 3 rings (SSSR count). The molecule has 5 N–H and O–H groups in total. The molecule has 1 aromatic heterocycles. The van der Waals surface area contributed by atoms with E-state index in [1.54, 1.807) is 18.2 Å². The fraction of sp³-hybridized carbons (Fsp3) is 0.273. The van der Waals surface area contributed by atoms with Crippen LogP contribution in [0.2, 0.25) is 0 Å². The van der Waals surface area contributed by atoms with Crippen LogP contribution in [-0.4, -0.2) is 20.9 Å². The molecule has 20 heavy (non-hydrogen) atoms. The van der Waals surface area contributed by atoms with Crippen molar-refractivity contribution in [2.24, 2.45) is 0 Å². The number of nitrogens with one attached hydrogen (secondary N) is 5. The molecule has 2 heterocycles. The molecule has 1 aromatic carbocycles. The highest BCUT2D eigenvalue weighted by Gasteiger charge is 2.18. The molecule has 0 saturated carbocycles. The van der Waals surface area contributed by atoms with Gasteiger partial charge in [-0.3, -0.25) is 4.57 Å². The highest BCUT2D eigenvalue weighted by Crippen LogP contribution is 2.08. The average Bonchev–Trinajstić information content (AvgIpc) is 3.06. The maximum Gasteiger partial charge on any atom is 0.343 e. The zero-order valence-electron chi connectivity index (χ0n) is 10.5. The van der Waals surface area contributed by atoms with E-state index in [-0.39, 0.29) is 24.2 Å². The number of aromatic amines is 1. The highest BCUT2D eigenvalue weighted by molar-refractivity contribution is 5.18. The van der Waals surface area contributed by atoms with Crippen molar-refractivity contribution in [1.29, 1.82) is 0 Å². The second-order valence-electron chi connectivity index (χ2n) is 4.42. The van der Waals surface area contributed by atoms with Crippen molar-refractivity contribution >= 4 is 0 Å². The summed E-state index contributed by atoms with van der Waals surface area (Å²) in [6, 6.07) is 6.36. The summed E-state index contributed by atoms with van der Waals surface area (Å²) >= 11 is 0.